The number of likely N-dealkylation sites (tertiary alicyclic amines) is 1. The van der Waals surface area contributed by atoms with Crippen molar-refractivity contribution in [3.63, 3.8) is 0 Å². The van der Waals surface area contributed by atoms with Crippen LogP contribution >= 0.6 is 0 Å². The molecule has 0 spiro atoms. The maximum absolute atomic E-state index is 13.0. The van der Waals surface area contributed by atoms with Crippen molar-refractivity contribution in [1.29, 1.82) is 0 Å². The minimum Gasteiger partial charge on any atom is -0.350 e. The Labute approximate surface area is 156 Å². The molecule has 5 nitrogen and oxygen atoms in total. The molecular weight excluding hydrogens is 352 g/mol. The molecule has 2 amide bonds. The van der Waals surface area contributed by atoms with Gasteiger partial charge < -0.3 is 14.8 Å². The number of anilines is 1. The van der Waals surface area contributed by atoms with Crippen molar-refractivity contribution in [3.8, 4) is 0 Å². The molecule has 0 bridgehead atoms. The van der Waals surface area contributed by atoms with E-state index < -0.39 is 11.8 Å². The van der Waals surface area contributed by atoms with Crippen molar-refractivity contribution in [2.75, 3.05) is 18.4 Å². The van der Waals surface area contributed by atoms with Crippen molar-refractivity contribution in [3.05, 3.63) is 30.0 Å². The number of alkyl halides is 2. The number of fused-ring (bicyclic) bond motifs is 1. The average molecular weight is 375 g/mol. The lowest BCUT2D eigenvalue weighted by molar-refractivity contribution is -0.160. The predicted molar refractivity (Wildman–Crippen MR) is 98.8 cm³/mol. The second-order valence-electron chi connectivity index (χ2n) is 7.75. The van der Waals surface area contributed by atoms with E-state index in [-0.39, 0.29) is 18.7 Å². The van der Waals surface area contributed by atoms with Gasteiger partial charge in [0.25, 0.3) is 0 Å². The number of carbonyl (C=O) groups excluding carboxylic acids is 2. The number of amides is 2. The third kappa shape index (κ3) is 3.31. The number of halogens is 2. The summed E-state index contributed by atoms with van der Waals surface area (Å²) in [6.45, 7) is 1.21. The molecule has 1 aromatic heterocycles. The molecule has 2 fully saturated rings. The monoisotopic (exact) mass is 375 g/mol. The normalized spacial score (nSPS) is 20.5. The molecule has 1 aliphatic heterocycles. The topological polar surface area (TPSA) is 54.3 Å². The molecule has 7 heteroatoms. The zero-order chi connectivity index (χ0) is 19.2. The summed E-state index contributed by atoms with van der Waals surface area (Å²) < 4.78 is 28.1. The molecule has 1 N–H and O–H groups in total. The standard InChI is InChI=1S/C20H23F2N3O2/c1-24-11-17(16-8-15(23-12-26)2-3-18(16)24)13-4-6-25(7-5-13)19(27)14-9-20(21,22)10-14/h2-3,8,11-14H,4-7,9-10H2,1H3,(H,23,26). The summed E-state index contributed by atoms with van der Waals surface area (Å²) in [5, 5.41) is 3.79. The van der Waals surface area contributed by atoms with E-state index in [4.69, 9.17) is 0 Å². The fourth-order valence-electron chi connectivity index (χ4n) is 4.41. The SMILES string of the molecule is Cn1cc(C2CCN(C(=O)C3CC(F)(F)C3)CC2)c2cc(NC=O)ccc21. The first-order valence-electron chi connectivity index (χ1n) is 9.34. The van der Waals surface area contributed by atoms with E-state index in [1.54, 1.807) is 4.90 Å². The molecular formula is C20H23F2N3O2. The van der Waals surface area contributed by atoms with Crippen molar-refractivity contribution in [2.24, 2.45) is 13.0 Å². The van der Waals surface area contributed by atoms with Gasteiger partial charge in [-0.1, -0.05) is 0 Å². The van der Waals surface area contributed by atoms with Crippen LogP contribution in [0.3, 0.4) is 0 Å². The average Bonchev–Trinajstić information content (AvgIpc) is 2.96. The molecule has 4 rings (SSSR count). The molecule has 0 atom stereocenters. The summed E-state index contributed by atoms with van der Waals surface area (Å²) in [5.41, 5.74) is 3.06. The van der Waals surface area contributed by atoms with Crippen LogP contribution < -0.4 is 5.32 Å². The number of carbonyl (C=O) groups is 2. The smallest absolute Gasteiger partial charge is 0.249 e. The first-order valence-corrected chi connectivity index (χ1v) is 9.34. The largest absolute Gasteiger partial charge is 0.350 e. The number of piperidine rings is 1. The number of aryl methyl sites for hydroxylation is 1. The Bertz CT molecular complexity index is 877. The van der Waals surface area contributed by atoms with Crippen molar-refractivity contribution in [2.45, 2.75) is 37.5 Å². The zero-order valence-corrected chi connectivity index (χ0v) is 15.3. The van der Waals surface area contributed by atoms with E-state index in [0.717, 1.165) is 29.4 Å². The maximum atomic E-state index is 13.0. The van der Waals surface area contributed by atoms with Gasteiger partial charge in [-0.2, -0.15) is 0 Å². The van der Waals surface area contributed by atoms with Gasteiger partial charge in [0.05, 0.1) is 0 Å². The highest BCUT2D eigenvalue weighted by atomic mass is 19.3. The number of aromatic nitrogens is 1. The van der Waals surface area contributed by atoms with Crippen molar-refractivity contribution < 1.29 is 18.4 Å². The van der Waals surface area contributed by atoms with Crippen LogP contribution in [0.2, 0.25) is 0 Å². The Morgan fingerprint density at radius 1 is 1.26 bits per heavy atom. The highest BCUT2D eigenvalue weighted by molar-refractivity contribution is 5.89. The van der Waals surface area contributed by atoms with Gasteiger partial charge in [-0.05, 0) is 42.5 Å². The second kappa shape index (κ2) is 6.62. The van der Waals surface area contributed by atoms with Crippen molar-refractivity contribution in [1.82, 2.24) is 9.47 Å². The van der Waals surface area contributed by atoms with Crippen LogP contribution in [0, 0.1) is 5.92 Å². The van der Waals surface area contributed by atoms with Gasteiger partial charge in [-0.25, -0.2) is 8.78 Å². The molecule has 1 aliphatic carbocycles. The van der Waals surface area contributed by atoms with Crippen molar-refractivity contribution >= 4 is 28.9 Å². The zero-order valence-electron chi connectivity index (χ0n) is 15.3. The Morgan fingerprint density at radius 2 is 1.96 bits per heavy atom. The van der Waals surface area contributed by atoms with Crippen LogP contribution in [0.4, 0.5) is 14.5 Å². The molecule has 1 saturated heterocycles. The molecule has 27 heavy (non-hydrogen) atoms. The second-order valence-corrected chi connectivity index (χ2v) is 7.75. The molecule has 0 radical (unpaired) electrons. The quantitative estimate of drug-likeness (QED) is 0.832. The molecule has 2 heterocycles. The number of hydrogen-bond donors (Lipinski definition) is 1. The Morgan fingerprint density at radius 3 is 2.59 bits per heavy atom. The first kappa shape index (κ1) is 17.9. The summed E-state index contributed by atoms with van der Waals surface area (Å²) in [4.78, 5) is 24.9. The van der Waals surface area contributed by atoms with Gasteiger partial charge in [0, 0.05) is 61.7 Å². The number of nitrogens with zero attached hydrogens (tertiary/aromatic N) is 2. The number of hydrogen-bond acceptors (Lipinski definition) is 2. The van der Waals surface area contributed by atoms with Gasteiger partial charge in [0.2, 0.25) is 18.2 Å². The lowest BCUT2D eigenvalue weighted by atomic mass is 9.79. The van der Waals surface area contributed by atoms with E-state index in [9.17, 15) is 18.4 Å². The number of nitrogens with one attached hydrogen (secondary N) is 1. The van der Waals surface area contributed by atoms with Crippen LogP contribution in [0.1, 0.15) is 37.2 Å². The fourth-order valence-corrected chi connectivity index (χ4v) is 4.41. The van der Waals surface area contributed by atoms with E-state index in [0.29, 0.717) is 25.4 Å². The van der Waals surface area contributed by atoms with E-state index in [1.807, 2.05) is 25.2 Å². The van der Waals surface area contributed by atoms with Crippen LogP contribution in [0.15, 0.2) is 24.4 Å². The molecule has 2 aromatic rings. The van der Waals surface area contributed by atoms with E-state index in [1.165, 1.54) is 5.56 Å². The number of benzene rings is 1. The van der Waals surface area contributed by atoms with Crippen LogP contribution in [0.5, 0.6) is 0 Å². The Hall–Kier alpha value is -2.44. The predicted octanol–water partition coefficient (Wildman–Crippen LogP) is 3.50. The Balaban J connectivity index is 1.47. The van der Waals surface area contributed by atoms with Gasteiger partial charge in [-0.15, -0.1) is 0 Å². The lowest BCUT2D eigenvalue weighted by Crippen LogP contribution is -2.48. The molecule has 1 saturated carbocycles. The van der Waals surface area contributed by atoms with E-state index >= 15 is 0 Å². The summed E-state index contributed by atoms with van der Waals surface area (Å²) >= 11 is 0. The van der Waals surface area contributed by atoms with Crippen LogP contribution in [0.25, 0.3) is 10.9 Å². The van der Waals surface area contributed by atoms with Gasteiger partial charge in [-0.3, -0.25) is 9.59 Å². The highest BCUT2D eigenvalue weighted by Crippen LogP contribution is 2.44. The van der Waals surface area contributed by atoms with Gasteiger partial charge in [0.1, 0.15) is 0 Å². The van der Waals surface area contributed by atoms with Gasteiger partial charge >= 0.3 is 0 Å². The first-order chi connectivity index (χ1) is 12.9. The summed E-state index contributed by atoms with van der Waals surface area (Å²) in [5.74, 6) is -2.97. The fraction of sp³-hybridized carbons (Fsp3) is 0.500. The molecule has 2 aliphatic rings. The van der Waals surface area contributed by atoms with Crippen LogP contribution in [-0.2, 0) is 16.6 Å². The number of rotatable bonds is 4. The molecule has 144 valence electrons. The Kier molecular flexibility index (Phi) is 4.40. The lowest BCUT2D eigenvalue weighted by Gasteiger charge is -2.39. The minimum atomic E-state index is -2.66. The summed E-state index contributed by atoms with van der Waals surface area (Å²) in [6, 6.07) is 5.84. The minimum absolute atomic E-state index is 0.116. The van der Waals surface area contributed by atoms with Gasteiger partial charge in [0.15, 0.2) is 0 Å². The highest BCUT2D eigenvalue weighted by Gasteiger charge is 2.50. The molecule has 1 aromatic carbocycles. The van der Waals surface area contributed by atoms with E-state index in [2.05, 4.69) is 16.1 Å². The third-order valence-electron chi connectivity index (χ3n) is 5.93. The molecule has 0 unspecified atom stereocenters. The summed E-state index contributed by atoms with van der Waals surface area (Å²) in [6.07, 6.45) is 3.81. The third-order valence-corrected chi connectivity index (χ3v) is 5.93. The maximum Gasteiger partial charge on any atom is 0.249 e. The summed E-state index contributed by atoms with van der Waals surface area (Å²) in [7, 11) is 1.99. The van der Waals surface area contributed by atoms with Crippen LogP contribution in [-0.4, -0.2) is 40.8 Å².